The minimum Gasteiger partial charge on any atom is -0.497 e. The van der Waals surface area contributed by atoms with Crippen LogP contribution in [0.2, 0.25) is 5.15 Å². The Morgan fingerprint density at radius 3 is 2.46 bits per heavy atom. The van der Waals surface area contributed by atoms with Crippen LogP contribution in [-0.2, 0) is 16.0 Å². The maximum atomic E-state index is 13.2. The van der Waals surface area contributed by atoms with Gasteiger partial charge in [0, 0.05) is 37.8 Å². The number of carbonyl (C=O) groups is 2. The second-order valence-electron chi connectivity index (χ2n) is 8.25. The minimum atomic E-state index is -0.346. The number of aryl methyl sites for hydroxylation is 1. The maximum absolute atomic E-state index is 13.2. The van der Waals surface area contributed by atoms with Gasteiger partial charge in [-0.05, 0) is 55.0 Å². The van der Waals surface area contributed by atoms with Gasteiger partial charge in [0.2, 0.25) is 11.8 Å². The van der Waals surface area contributed by atoms with Crippen molar-refractivity contribution < 1.29 is 18.7 Å². The lowest BCUT2D eigenvalue weighted by Crippen LogP contribution is -2.50. The van der Waals surface area contributed by atoms with Crippen molar-refractivity contribution in [2.24, 2.45) is 0 Å². The van der Waals surface area contributed by atoms with E-state index in [9.17, 15) is 14.0 Å². The molecule has 0 bridgehead atoms. The number of methoxy groups -OCH3 is 1. The molecule has 7 nitrogen and oxygen atoms in total. The zero-order valence-corrected chi connectivity index (χ0v) is 20.3. The summed E-state index contributed by atoms with van der Waals surface area (Å²) < 4.78 is 20.0. The van der Waals surface area contributed by atoms with Gasteiger partial charge in [-0.1, -0.05) is 23.7 Å². The van der Waals surface area contributed by atoms with Crippen molar-refractivity contribution >= 4 is 29.5 Å². The fraction of sp³-hybridized carbons (Fsp3) is 0.269. The van der Waals surface area contributed by atoms with E-state index in [4.69, 9.17) is 16.3 Å². The molecule has 35 heavy (non-hydrogen) atoms. The average Bonchev–Trinajstić information content (AvgIpc) is 3.16. The number of benzene rings is 2. The molecule has 1 aromatic heterocycles. The van der Waals surface area contributed by atoms with Crippen molar-refractivity contribution in [1.82, 2.24) is 19.6 Å². The van der Waals surface area contributed by atoms with Crippen LogP contribution in [-0.4, -0.2) is 64.7 Å². The highest BCUT2D eigenvalue weighted by Crippen LogP contribution is 2.25. The molecular formula is C26H26ClFN4O3. The third-order valence-electron chi connectivity index (χ3n) is 5.95. The van der Waals surface area contributed by atoms with Crippen molar-refractivity contribution in [2.45, 2.75) is 13.3 Å². The molecule has 9 heteroatoms. The van der Waals surface area contributed by atoms with E-state index < -0.39 is 0 Å². The molecule has 0 radical (unpaired) electrons. The van der Waals surface area contributed by atoms with Crippen LogP contribution in [0.4, 0.5) is 4.39 Å². The number of aromatic nitrogens is 2. The summed E-state index contributed by atoms with van der Waals surface area (Å²) in [6.45, 7) is 3.65. The van der Waals surface area contributed by atoms with Gasteiger partial charge in [-0.3, -0.25) is 9.59 Å². The van der Waals surface area contributed by atoms with E-state index in [0.29, 0.717) is 54.7 Å². The van der Waals surface area contributed by atoms with Crippen molar-refractivity contribution in [3.63, 3.8) is 0 Å². The molecule has 4 rings (SSSR count). The van der Waals surface area contributed by atoms with Gasteiger partial charge in [-0.15, -0.1) is 0 Å². The molecular weight excluding hydrogens is 471 g/mol. The first kappa shape index (κ1) is 24.5. The van der Waals surface area contributed by atoms with Gasteiger partial charge in [0.05, 0.1) is 24.9 Å². The second kappa shape index (κ2) is 10.7. The fourth-order valence-electron chi connectivity index (χ4n) is 3.96. The Hall–Kier alpha value is -3.65. The number of carbonyl (C=O) groups excluding carboxylic acids is 2. The Bertz CT molecular complexity index is 1250. The van der Waals surface area contributed by atoms with E-state index in [-0.39, 0.29) is 17.6 Å². The topological polar surface area (TPSA) is 67.7 Å². The Labute approximate surface area is 208 Å². The van der Waals surface area contributed by atoms with Crippen LogP contribution >= 0.6 is 11.6 Å². The summed E-state index contributed by atoms with van der Waals surface area (Å²) in [5, 5.41) is 4.75. The van der Waals surface area contributed by atoms with Crippen LogP contribution in [0.3, 0.4) is 0 Å². The Morgan fingerprint density at radius 1 is 1.09 bits per heavy atom. The van der Waals surface area contributed by atoms with Crippen LogP contribution in [0.15, 0.2) is 54.6 Å². The van der Waals surface area contributed by atoms with Crippen molar-refractivity contribution in [2.75, 3.05) is 33.3 Å². The molecule has 1 fully saturated rings. The zero-order valence-electron chi connectivity index (χ0n) is 19.6. The largest absolute Gasteiger partial charge is 0.497 e. The number of hydrogen-bond donors (Lipinski definition) is 0. The molecule has 1 saturated heterocycles. The van der Waals surface area contributed by atoms with E-state index in [1.807, 2.05) is 24.3 Å². The molecule has 2 heterocycles. The fourth-order valence-corrected chi connectivity index (χ4v) is 4.29. The smallest absolute Gasteiger partial charge is 0.246 e. The average molecular weight is 497 g/mol. The first-order valence-electron chi connectivity index (χ1n) is 11.2. The van der Waals surface area contributed by atoms with Gasteiger partial charge < -0.3 is 14.5 Å². The van der Waals surface area contributed by atoms with Gasteiger partial charge >= 0.3 is 0 Å². The van der Waals surface area contributed by atoms with Gasteiger partial charge in [0.15, 0.2) is 0 Å². The van der Waals surface area contributed by atoms with Crippen LogP contribution in [0, 0.1) is 12.7 Å². The van der Waals surface area contributed by atoms with E-state index in [2.05, 4.69) is 5.10 Å². The van der Waals surface area contributed by atoms with Gasteiger partial charge in [-0.2, -0.15) is 5.10 Å². The lowest BCUT2D eigenvalue weighted by atomic mass is 10.1. The Morgan fingerprint density at radius 2 is 1.77 bits per heavy atom. The van der Waals surface area contributed by atoms with Crippen molar-refractivity contribution in [1.29, 1.82) is 0 Å². The molecule has 2 aromatic carbocycles. The number of nitrogens with zero attached hydrogens (tertiary/aromatic N) is 4. The summed E-state index contributed by atoms with van der Waals surface area (Å²) in [6.07, 6.45) is 3.41. The molecule has 0 saturated carbocycles. The van der Waals surface area contributed by atoms with Crippen molar-refractivity contribution in [3.8, 4) is 11.4 Å². The van der Waals surface area contributed by atoms with Crippen molar-refractivity contribution in [3.05, 3.63) is 82.4 Å². The van der Waals surface area contributed by atoms with Gasteiger partial charge in [0.1, 0.15) is 16.7 Å². The lowest BCUT2D eigenvalue weighted by molar-refractivity contribution is -0.136. The summed E-state index contributed by atoms with van der Waals surface area (Å²) in [7, 11) is 1.60. The highest BCUT2D eigenvalue weighted by Gasteiger charge is 2.23. The van der Waals surface area contributed by atoms with E-state index in [0.717, 1.165) is 11.3 Å². The monoisotopic (exact) mass is 496 g/mol. The SMILES string of the molecule is COc1cccc(CC(=O)N2CCN(C(=O)/C=C/c3c(C)nn(-c4ccc(F)cc4)c3Cl)CC2)c1. The van der Waals surface area contributed by atoms with Crippen LogP contribution in [0.25, 0.3) is 11.8 Å². The zero-order chi connectivity index (χ0) is 24.9. The summed E-state index contributed by atoms with van der Waals surface area (Å²) in [5.74, 6) is 0.240. The quantitative estimate of drug-likeness (QED) is 0.485. The molecule has 0 unspecified atom stereocenters. The molecule has 2 amide bonds. The van der Waals surface area contributed by atoms with Crippen LogP contribution in [0.1, 0.15) is 16.8 Å². The highest BCUT2D eigenvalue weighted by atomic mass is 35.5. The molecule has 0 atom stereocenters. The molecule has 1 aliphatic rings. The molecule has 0 spiro atoms. The second-order valence-corrected chi connectivity index (χ2v) is 8.60. The number of hydrogen-bond acceptors (Lipinski definition) is 4. The Balaban J connectivity index is 1.35. The third kappa shape index (κ3) is 5.71. The number of piperazine rings is 1. The first-order chi connectivity index (χ1) is 16.9. The lowest BCUT2D eigenvalue weighted by Gasteiger charge is -2.34. The molecule has 0 aliphatic carbocycles. The van der Waals surface area contributed by atoms with E-state index in [1.54, 1.807) is 42.0 Å². The molecule has 182 valence electrons. The molecule has 0 N–H and O–H groups in total. The summed E-state index contributed by atoms with van der Waals surface area (Å²) >= 11 is 6.49. The predicted molar refractivity (Wildman–Crippen MR) is 132 cm³/mol. The van der Waals surface area contributed by atoms with Crippen LogP contribution in [0.5, 0.6) is 5.75 Å². The molecule has 1 aliphatic heterocycles. The predicted octanol–water partition coefficient (Wildman–Crippen LogP) is 3.91. The Kier molecular flexibility index (Phi) is 7.51. The summed E-state index contributed by atoms with van der Waals surface area (Å²) in [6, 6.07) is 13.3. The van der Waals surface area contributed by atoms with Crippen LogP contribution < -0.4 is 4.74 Å². The number of ether oxygens (including phenoxy) is 1. The minimum absolute atomic E-state index is 0.0245. The normalized spacial score (nSPS) is 13.9. The molecule has 3 aromatic rings. The number of rotatable bonds is 6. The highest BCUT2D eigenvalue weighted by molar-refractivity contribution is 6.31. The standard InChI is InChI=1S/C26H26ClFN4O3/c1-18-23(26(27)32(29-18)21-8-6-20(28)7-9-21)10-11-24(33)30-12-14-31(15-13-30)25(34)17-19-4-3-5-22(16-19)35-2/h3-11,16H,12-15,17H2,1-2H3/b11-10+. The van der Waals surface area contributed by atoms with E-state index >= 15 is 0 Å². The van der Waals surface area contributed by atoms with E-state index in [1.165, 1.54) is 22.9 Å². The van der Waals surface area contributed by atoms with Gasteiger partial charge in [0.25, 0.3) is 0 Å². The van der Waals surface area contributed by atoms with Gasteiger partial charge in [-0.25, -0.2) is 9.07 Å². The summed E-state index contributed by atoms with van der Waals surface area (Å²) in [4.78, 5) is 28.9. The third-order valence-corrected chi connectivity index (χ3v) is 6.31. The number of halogens is 2. The maximum Gasteiger partial charge on any atom is 0.246 e. The summed E-state index contributed by atoms with van der Waals surface area (Å²) in [5.41, 5.74) is 2.79. The number of amides is 2. The first-order valence-corrected chi connectivity index (χ1v) is 11.6.